The number of amides is 2. The molecule has 1 aromatic heterocycles. The van der Waals surface area contributed by atoms with Gasteiger partial charge in [-0.25, -0.2) is 9.78 Å². The topological polar surface area (TPSA) is 45.2 Å². The van der Waals surface area contributed by atoms with Crippen LogP contribution in [-0.4, -0.2) is 28.0 Å². The first kappa shape index (κ1) is 16.2. The van der Waals surface area contributed by atoms with E-state index in [-0.39, 0.29) is 6.03 Å². The van der Waals surface area contributed by atoms with Gasteiger partial charge in [-0.1, -0.05) is 30.1 Å². The van der Waals surface area contributed by atoms with E-state index in [4.69, 9.17) is 23.2 Å². The summed E-state index contributed by atoms with van der Waals surface area (Å²) >= 11 is 13.6. The van der Waals surface area contributed by atoms with Crippen LogP contribution in [0.5, 0.6) is 0 Å². The first-order valence-electron chi connectivity index (χ1n) is 8.01. The van der Waals surface area contributed by atoms with Gasteiger partial charge in [-0.05, 0) is 43.4 Å². The first-order valence-corrected chi connectivity index (χ1v) is 9.65. The number of nitrogens with one attached hydrogen (secondary N) is 1. The molecule has 24 heavy (non-hydrogen) atoms. The van der Waals surface area contributed by atoms with Crippen LogP contribution in [0.3, 0.4) is 0 Å². The summed E-state index contributed by atoms with van der Waals surface area (Å²) in [7, 11) is 0. The van der Waals surface area contributed by atoms with Crippen LogP contribution in [0, 0.1) is 5.92 Å². The lowest BCUT2D eigenvalue weighted by molar-refractivity contribution is -0.00600. The second kappa shape index (κ2) is 6.21. The van der Waals surface area contributed by atoms with Crippen molar-refractivity contribution in [1.29, 1.82) is 0 Å². The second-order valence-corrected chi connectivity index (χ2v) is 8.28. The fraction of sp³-hybridized carbons (Fsp3) is 0.412. The first-order chi connectivity index (χ1) is 11.5. The van der Waals surface area contributed by atoms with E-state index in [2.05, 4.69) is 17.2 Å². The van der Waals surface area contributed by atoms with Crippen LogP contribution in [0.2, 0.25) is 10.2 Å². The van der Waals surface area contributed by atoms with Gasteiger partial charge in [-0.3, -0.25) is 0 Å². The third kappa shape index (κ3) is 2.89. The average molecular weight is 382 g/mol. The summed E-state index contributed by atoms with van der Waals surface area (Å²) in [6, 6.07) is 6.21. The average Bonchev–Trinajstić information content (AvgIpc) is 2.95. The highest BCUT2D eigenvalue weighted by atomic mass is 35.5. The van der Waals surface area contributed by atoms with Gasteiger partial charge in [0.25, 0.3) is 0 Å². The monoisotopic (exact) mass is 381 g/mol. The minimum Gasteiger partial charge on any atom is -0.318 e. The minimum absolute atomic E-state index is 0.0198. The fourth-order valence-corrected chi connectivity index (χ4v) is 5.05. The molecule has 1 aromatic carbocycles. The molecule has 126 valence electrons. The molecule has 2 unspecified atom stereocenters. The molecule has 1 N–H and O–H groups in total. The molecule has 0 spiro atoms. The molecule has 4 nitrogen and oxygen atoms in total. The van der Waals surface area contributed by atoms with Gasteiger partial charge in [-0.2, -0.15) is 0 Å². The molecule has 2 bridgehead atoms. The number of benzene rings is 1. The number of piperidine rings is 1. The molecule has 2 saturated heterocycles. The van der Waals surface area contributed by atoms with Crippen molar-refractivity contribution in [3.8, 4) is 10.6 Å². The van der Waals surface area contributed by atoms with Crippen LogP contribution in [0.15, 0.2) is 23.6 Å². The molecule has 2 amide bonds. The van der Waals surface area contributed by atoms with Gasteiger partial charge in [0.2, 0.25) is 0 Å². The Morgan fingerprint density at radius 2 is 2.04 bits per heavy atom. The standard InChI is InChI=1S/C17H17Cl2N3OS/c1-9-4-11-7-12(5-9)22(11)17(23)20-10-2-3-14(18)13(6-10)16-21-15(19)8-24-16/h2-3,6,8-9,11-12H,4-5,7H2,1H3,(H,20,23)/t9?,11-,12?/m1/s1. The van der Waals surface area contributed by atoms with Gasteiger partial charge in [0.15, 0.2) is 0 Å². The predicted molar refractivity (Wildman–Crippen MR) is 99.0 cm³/mol. The summed E-state index contributed by atoms with van der Waals surface area (Å²) in [6.45, 7) is 2.26. The van der Waals surface area contributed by atoms with Crippen molar-refractivity contribution in [2.75, 3.05) is 5.32 Å². The van der Waals surface area contributed by atoms with E-state index < -0.39 is 0 Å². The number of halogens is 2. The lowest BCUT2D eigenvalue weighted by atomic mass is 9.74. The number of thiazole rings is 1. The Labute approximate surface area is 154 Å². The molecule has 1 aliphatic carbocycles. The third-order valence-corrected chi connectivity index (χ3v) is 6.37. The van der Waals surface area contributed by atoms with E-state index in [1.807, 2.05) is 17.0 Å². The molecule has 1 saturated carbocycles. The van der Waals surface area contributed by atoms with E-state index in [0.29, 0.717) is 22.3 Å². The highest BCUT2D eigenvalue weighted by Crippen LogP contribution is 2.41. The zero-order valence-electron chi connectivity index (χ0n) is 13.1. The van der Waals surface area contributed by atoms with Crippen molar-refractivity contribution < 1.29 is 4.79 Å². The van der Waals surface area contributed by atoms with E-state index in [0.717, 1.165) is 41.4 Å². The summed E-state index contributed by atoms with van der Waals surface area (Å²) in [6.07, 6.45) is 3.35. The quantitative estimate of drug-likeness (QED) is 0.743. The lowest BCUT2D eigenvalue weighted by Gasteiger charge is -2.54. The number of rotatable bonds is 2. The van der Waals surface area contributed by atoms with E-state index in [1.165, 1.54) is 11.3 Å². The Morgan fingerprint density at radius 3 is 2.71 bits per heavy atom. The maximum absolute atomic E-state index is 12.6. The Hall–Kier alpha value is -1.30. The largest absolute Gasteiger partial charge is 0.322 e. The van der Waals surface area contributed by atoms with Crippen LogP contribution in [0.25, 0.3) is 10.6 Å². The van der Waals surface area contributed by atoms with Gasteiger partial charge >= 0.3 is 6.03 Å². The molecule has 0 radical (unpaired) electrons. The number of aromatic nitrogens is 1. The summed E-state index contributed by atoms with van der Waals surface area (Å²) in [5.41, 5.74) is 1.51. The highest BCUT2D eigenvalue weighted by Gasteiger charge is 2.46. The minimum atomic E-state index is -0.0198. The molecular formula is C17H17Cl2N3OS. The van der Waals surface area contributed by atoms with Crippen LogP contribution in [0.1, 0.15) is 26.2 Å². The Morgan fingerprint density at radius 1 is 1.29 bits per heavy atom. The molecular weight excluding hydrogens is 365 g/mol. The van der Waals surface area contributed by atoms with Crippen molar-refractivity contribution >= 4 is 46.3 Å². The second-order valence-electron chi connectivity index (χ2n) is 6.63. The SMILES string of the molecule is CC1CC2C[C@@H](C1)N2C(=O)Nc1ccc(Cl)c(-c2nc(Cl)cs2)c1. The smallest absolute Gasteiger partial charge is 0.318 e. The third-order valence-electron chi connectivity index (χ3n) is 4.84. The van der Waals surface area contributed by atoms with Crippen LogP contribution >= 0.6 is 34.5 Å². The van der Waals surface area contributed by atoms with Gasteiger partial charge in [-0.15, -0.1) is 11.3 Å². The Kier molecular flexibility index (Phi) is 4.19. The maximum atomic E-state index is 12.6. The molecule has 3 heterocycles. The van der Waals surface area contributed by atoms with Crippen molar-refractivity contribution in [2.24, 2.45) is 5.92 Å². The lowest BCUT2D eigenvalue weighted by Crippen LogP contribution is -2.63. The number of carbonyl (C=O) groups is 1. The van der Waals surface area contributed by atoms with E-state index in [1.54, 1.807) is 11.4 Å². The number of fused-ring (bicyclic) bond motifs is 2. The summed E-state index contributed by atoms with van der Waals surface area (Å²) in [5.74, 6) is 0.717. The van der Waals surface area contributed by atoms with Gasteiger partial charge in [0, 0.05) is 28.7 Å². The molecule has 2 aliphatic heterocycles. The summed E-state index contributed by atoms with van der Waals surface area (Å²) in [5, 5.41) is 6.55. The zero-order chi connectivity index (χ0) is 16.8. The van der Waals surface area contributed by atoms with Gasteiger partial charge < -0.3 is 10.2 Å². The Balaban J connectivity index is 1.52. The summed E-state index contributed by atoms with van der Waals surface area (Å²) < 4.78 is 0. The van der Waals surface area contributed by atoms with E-state index >= 15 is 0 Å². The maximum Gasteiger partial charge on any atom is 0.322 e. The number of nitrogens with zero attached hydrogens (tertiary/aromatic N) is 2. The molecule has 3 fully saturated rings. The van der Waals surface area contributed by atoms with Crippen molar-refractivity contribution in [3.63, 3.8) is 0 Å². The Bertz CT molecular complexity index is 782. The molecule has 7 heteroatoms. The van der Waals surface area contributed by atoms with Crippen molar-refractivity contribution in [2.45, 2.75) is 38.3 Å². The zero-order valence-corrected chi connectivity index (χ0v) is 15.5. The molecule has 2 aromatic rings. The van der Waals surface area contributed by atoms with Crippen molar-refractivity contribution in [3.05, 3.63) is 33.8 Å². The number of anilines is 1. The highest BCUT2D eigenvalue weighted by molar-refractivity contribution is 7.13. The molecule has 3 atom stereocenters. The normalized spacial score (nSPS) is 25.3. The number of carbonyl (C=O) groups excluding carboxylic acids is 1. The van der Waals surface area contributed by atoms with Crippen molar-refractivity contribution in [1.82, 2.24) is 9.88 Å². The van der Waals surface area contributed by atoms with Gasteiger partial charge in [0.05, 0.1) is 5.02 Å². The number of hydrogen-bond donors (Lipinski definition) is 1. The fourth-order valence-electron chi connectivity index (χ4n) is 3.81. The van der Waals surface area contributed by atoms with Crippen LogP contribution in [-0.2, 0) is 0 Å². The van der Waals surface area contributed by atoms with Gasteiger partial charge in [0.1, 0.15) is 10.2 Å². The molecule has 3 aliphatic rings. The van der Waals surface area contributed by atoms with Crippen LogP contribution < -0.4 is 5.32 Å². The number of urea groups is 1. The predicted octanol–water partition coefficient (Wildman–Crippen LogP) is 5.52. The molecule has 5 rings (SSSR count). The van der Waals surface area contributed by atoms with Crippen LogP contribution in [0.4, 0.5) is 10.5 Å². The van der Waals surface area contributed by atoms with E-state index in [9.17, 15) is 4.79 Å². The summed E-state index contributed by atoms with van der Waals surface area (Å²) in [4.78, 5) is 18.8. The number of hydrogen-bond acceptors (Lipinski definition) is 3.